The summed E-state index contributed by atoms with van der Waals surface area (Å²) in [6.45, 7) is 2.42. The molecule has 0 saturated heterocycles. The Morgan fingerprint density at radius 1 is 1.08 bits per heavy atom. The molecule has 0 heterocycles. The van der Waals surface area contributed by atoms with Gasteiger partial charge in [0.1, 0.15) is 5.75 Å². The van der Waals surface area contributed by atoms with Crippen LogP contribution < -0.4 is 10.1 Å². The fourth-order valence-corrected chi connectivity index (χ4v) is 2.51. The van der Waals surface area contributed by atoms with Gasteiger partial charge in [0.15, 0.2) is 0 Å². The van der Waals surface area contributed by atoms with Crippen LogP contribution in [0.25, 0.3) is 0 Å². The highest BCUT2D eigenvalue weighted by Gasteiger charge is 2.15. The van der Waals surface area contributed by atoms with Gasteiger partial charge in [-0.15, -0.1) is 0 Å². The molecular weight excluding hydrogens is 316 g/mol. The first-order valence-corrected chi connectivity index (χ1v) is 8.38. The number of methoxy groups -OCH3 is 1. The summed E-state index contributed by atoms with van der Waals surface area (Å²) in [5.74, 6) is 0.430. The van der Waals surface area contributed by atoms with E-state index in [1.54, 1.807) is 36.3 Å². The van der Waals surface area contributed by atoms with Gasteiger partial charge >= 0.3 is 0 Å². The van der Waals surface area contributed by atoms with Crippen molar-refractivity contribution in [1.82, 2.24) is 4.90 Å². The lowest BCUT2D eigenvalue weighted by molar-refractivity contribution is -0.134. The summed E-state index contributed by atoms with van der Waals surface area (Å²) in [6.07, 6.45) is 1.07. The van der Waals surface area contributed by atoms with E-state index in [4.69, 9.17) is 4.74 Å². The molecule has 2 amide bonds. The van der Waals surface area contributed by atoms with Gasteiger partial charge in [0, 0.05) is 24.7 Å². The van der Waals surface area contributed by atoms with Crippen molar-refractivity contribution in [3.8, 4) is 5.75 Å². The van der Waals surface area contributed by atoms with E-state index in [1.165, 1.54) is 0 Å². The van der Waals surface area contributed by atoms with Gasteiger partial charge in [0.2, 0.25) is 11.8 Å². The number of likely N-dealkylation sites (N-methyl/N-ethyl adjacent to an activating group) is 1. The van der Waals surface area contributed by atoms with Crippen molar-refractivity contribution in [2.45, 2.75) is 19.8 Å². The summed E-state index contributed by atoms with van der Waals surface area (Å²) in [6, 6.07) is 17.0. The van der Waals surface area contributed by atoms with Crippen LogP contribution in [0, 0.1) is 0 Å². The van der Waals surface area contributed by atoms with Crippen molar-refractivity contribution >= 4 is 17.5 Å². The van der Waals surface area contributed by atoms with Crippen LogP contribution >= 0.6 is 0 Å². The molecule has 0 spiro atoms. The van der Waals surface area contributed by atoms with E-state index in [0.29, 0.717) is 30.8 Å². The third kappa shape index (κ3) is 5.95. The van der Waals surface area contributed by atoms with E-state index in [2.05, 4.69) is 5.32 Å². The minimum absolute atomic E-state index is 0.0212. The molecule has 132 valence electrons. The van der Waals surface area contributed by atoms with Gasteiger partial charge in [0.25, 0.3) is 0 Å². The zero-order valence-electron chi connectivity index (χ0n) is 14.7. The standard InChI is InChI=1S/C20H24N2O3/c1-3-22(20(24)13-12-16-8-5-4-6-9-16)15-19(23)21-17-10-7-11-18(14-17)25-2/h4-11,14H,3,12-13,15H2,1-2H3,(H,21,23). The Morgan fingerprint density at radius 3 is 2.52 bits per heavy atom. The lowest BCUT2D eigenvalue weighted by Crippen LogP contribution is -2.38. The largest absolute Gasteiger partial charge is 0.497 e. The van der Waals surface area contributed by atoms with E-state index in [1.807, 2.05) is 37.3 Å². The van der Waals surface area contributed by atoms with Gasteiger partial charge in [0.05, 0.1) is 13.7 Å². The number of carbonyl (C=O) groups excluding carboxylic acids is 2. The molecule has 0 unspecified atom stereocenters. The number of benzene rings is 2. The second-order valence-electron chi connectivity index (χ2n) is 5.67. The zero-order valence-corrected chi connectivity index (χ0v) is 14.7. The Balaban J connectivity index is 1.86. The smallest absolute Gasteiger partial charge is 0.243 e. The summed E-state index contributed by atoms with van der Waals surface area (Å²) < 4.78 is 5.14. The molecule has 5 heteroatoms. The van der Waals surface area contributed by atoms with Crippen molar-refractivity contribution in [2.75, 3.05) is 25.5 Å². The number of hydrogen-bond donors (Lipinski definition) is 1. The monoisotopic (exact) mass is 340 g/mol. The van der Waals surface area contributed by atoms with Crippen LogP contribution in [-0.4, -0.2) is 36.9 Å². The lowest BCUT2D eigenvalue weighted by atomic mass is 10.1. The number of ether oxygens (including phenoxy) is 1. The van der Waals surface area contributed by atoms with Gasteiger partial charge in [-0.1, -0.05) is 36.4 Å². The second kappa shape index (κ2) is 9.47. The third-order valence-corrected chi connectivity index (χ3v) is 3.89. The second-order valence-corrected chi connectivity index (χ2v) is 5.67. The highest BCUT2D eigenvalue weighted by molar-refractivity contribution is 5.94. The number of amides is 2. The molecule has 1 N–H and O–H groups in total. The Morgan fingerprint density at radius 2 is 1.84 bits per heavy atom. The lowest BCUT2D eigenvalue weighted by Gasteiger charge is -2.20. The number of aryl methyl sites for hydroxylation is 1. The maximum atomic E-state index is 12.4. The van der Waals surface area contributed by atoms with Crippen LogP contribution in [-0.2, 0) is 16.0 Å². The Kier molecular flexibility index (Phi) is 7.01. The van der Waals surface area contributed by atoms with Gasteiger partial charge in [-0.25, -0.2) is 0 Å². The molecule has 0 atom stereocenters. The van der Waals surface area contributed by atoms with E-state index in [9.17, 15) is 9.59 Å². The number of rotatable bonds is 8. The average molecular weight is 340 g/mol. The van der Waals surface area contributed by atoms with E-state index >= 15 is 0 Å². The number of anilines is 1. The van der Waals surface area contributed by atoms with Crippen LogP contribution in [0.1, 0.15) is 18.9 Å². The topological polar surface area (TPSA) is 58.6 Å². The first-order chi connectivity index (χ1) is 12.1. The summed E-state index contributed by atoms with van der Waals surface area (Å²) in [4.78, 5) is 26.1. The number of nitrogens with one attached hydrogen (secondary N) is 1. The predicted molar refractivity (Wildman–Crippen MR) is 98.6 cm³/mol. The number of nitrogens with zero attached hydrogens (tertiary/aromatic N) is 1. The highest BCUT2D eigenvalue weighted by Crippen LogP contribution is 2.16. The Hall–Kier alpha value is -2.82. The molecule has 5 nitrogen and oxygen atoms in total. The van der Waals surface area contributed by atoms with E-state index in [-0.39, 0.29) is 18.4 Å². The van der Waals surface area contributed by atoms with Gasteiger partial charge in [-0.05, 0) is 31.0 Å². The summed E-state index contributed by atoms with van der Waals surface area (Å²) in [7, 11) is 1.57. The van der Waals surface area contributed by atoms with Crippen molar-refractivity contribution in [3.05, 3.63) is 60.2 Å². The zero-order chi connectivity index (χ0) is 18.1. The van der Waals surface area contributed by atoms with Crippen LogP contribution in [0.2, 0.25) is 0 Å². The minimum Gasteiger partial charge on any atom is -0.497 e. The number of hydrogen-bond acceptors (Lipinski definition) is 3. The fraction of sp³-hybridized carbons (Fsp3) is 0.300. The Bertz CT molecular complexity index is 701. The normalized spacial score (nSPS) is 10.2. The summed E-state index contributed by atoms with van der Waals surface area (Å²) in [5.41, 5.74) is 1.77. The van der Waals surface area contributed by atoms with Gasteiger partial charge < -0.3 is 15.0 Å². The fourth-order valence-electron chi connectivity index (χ4n) is 2.51. The van der Waals surface area contributed by atoms with E-state index in [0.717, 1.165) is 5.56 Å². The van der Waals surface area contributed by atoms with Crippen LogP contribution in [0.5, 0.6) is 5.75 Å². The minimum atomic E-state index is -0.219. The molecule has 0 aliphatic rings. The third-order valence-electron chi connectivity index (χ3n) is 3.89. The SMILES string of the molecule is CCN(CC(=O)Nc1cccc(OC)c1)C(=O)CCc1ccccc1. The molecule has 25 heavy (non-hydrogen) atoms. The predicted octanol–water partition coefficient (Wildman–Crippen LogP) is 3.12. The van der Waals surface area contributed by atoms with Crippen molar-refractivity contribution in [2.24, 2.45) is 0 Å². The molecule has 2 aromatic carbocycles. The maximum Gasteiger partial charge on any atom is 0.243 e. The van der Waals surface area contributed by atoms with E-state index < -0.39 is 0 Å². The van der Waals surface area contributed by atoms with Crippen molar-refractivity contribution in [3.63, 3.8) is 0 Å². The molecule has 0 saturated carbocycles. The maximum absolute atomic E-state index is 12.4. The average Bonchev–Trinajstić information content (AvgIpc) is 2.65. The molecule has 0 radical (unpaired) electrons. The van der Waals surface area contributed by atoms with Crippen LogP contribution in [0.3, 0.4) is 0 Å². The molecule has 0 aliphatic carbocycles. The molecule has 0 fully saturated rings. The van der Waals surface area contributed by atoms with Gasteiger partial charge in [-0.3, -0.25) is 9.59 Å². The quantitative estimate of drug-likeness (QED) is 0.803. The Labute approximate surface area is 148 Å². The number of carbonyl (C=O) groups is 2. The molecule has 0 aromatic heterocycles. The van der Waals surface area contributed by atoms with Crippen molar-refractivity contribution < 1.29 is 14.3 Å². The summed E-state index contributed by atoms with van der Waals surface area (Å²) >= 11 is 0. The first kappa shape index (κ1) is 18.5. The molecular formula is C20H24N2O3. The first-order valence-electron chi connectivity index (χ1n) is 8.38. The summed E-state index contributed by atoms with van der Waals surface area (Å²) in [5, 5.41) is 2.80. The van der Waals surface area contributed by atoms with Gasteiger partial charge in [-0.2, -0.15) is 0 Å². The molecule has 0 aliphatic heterocycles. The molecule has 0 bridgehead atoms. The molecule has 2 rings (SSSR count). The van der Waals surface area contributed by atoms with Crippen molar-refractivity contribution in [1.29, 1.82) is 0 Å². The molecule has 2 aromatic rings. The highest BCUT2D eigenvalue weighted by atomic mass is 16.5. The van der Waals surface area contributed by atoms with Crippen LogP contribution in [0.4, 0.5) is 5.69 Å². The van der Waals surface area contributed by atoms with Crippen LogP contribution in [0.15, 0.2) is 54.6 Å².